The monoisotopic (exact) mass is 450 g/mol. The first-order valence-corrected chi connectivity index (χ1v) is 10.9. The van der Waals surface area contributed by atoms with E-state index in [1.54, 1.807) is 9.58 Å². The van der Waals surface area contributed by atoms with Crippen LogP contribution in [0.15, 0.2) is 24.4 Å². The van der Waals surface area contributed by atoms with Gasteiger partial charge in [-0.25, -0.2) is 8.78 Å². The molecule has 1 amide bonds. The number of rotatable bonds is 1. The third kappa shape index (κ3) is 2.46. The molecule has 0 saturated carbocycles. The third-order valence-corrected chi connectivity index (χ3v) is 7.33. The maximum absolute atomic E-state index is 15.7. The van der Waals surface area contributed by atoms with Crippen LogP contribution in [0.25, 0.3) is 32.1 Å². The second-order valence-electron chi connectivity index (χ2n) is 7.98. The molecular formula is C22H16F2N6OS. The van der Waals surface area contributed by atoms with Gasteiger partial charge in [-0.15, -0.1) is 11.3 Å². The molecule has 0 aliphatic carbocycles. The number of benzene rings is 2. The van der Waals surface area contributed by atoms with Crippen LogP contribution in [0.5, 0.6) is 0 Å². The van der Waals surface area contributed by atoms with Crippen molar-refractivity contribution in [3.05, 3.63) is 47.2 Å². The highest BCUT2D eigenvalue weighted by atomic mass is 32.1. The van der Waals surface area contributed by atoms with Crippen molar-refractivity contribution < 1.29 is 13.6 Å². The summed E-state index contributed by atoms with van der Waals surface area (Å²) in [6, 6.07) is 5.87. The number of hydrogen-bond acceptors (Lipinski definition) is 6. The number of nitrogens with two attached hydrogens (primary N) is 1. The van der Waals surface area contributed by atoms with Crippen molar-refractivity contribution in [2.45, 2.75) is 12.6 Å². The van der Waals surface area contributed by atoms with Gasteiger partial charge >= 0.3 is 0 Å². The van der Waals surface area contributed by atoms with Crippen LogP contribution in [0.4, 0.5) is 13.8 Å². The Morgan fingerprint density at radius 1 is 1.28 bits per heavy atom. The standard InChI is InChI=1S/C22H16F2N6OS/c23-15-2-1-11(18-13(6-25)21(26)32-20(15)18)17-14-8-28-30-9-10-7-27-3-4-29(10)22(31)12(19(14)30)5-16(17)24/h1-2,5,8,10,27H,3-4,7,9,26H2. The van der Waals surface area contributed by atoms with Gasteiger partial charge in [0.15, 0.2) is 0 Å². The van der Waals surface area contributed by atoms with Crippen LogP contribution in [0.1, 0.15) is 15.9 Å². The maximum atomic E-state index is 15.7. The van der Waals surface area contributed by atoms with Gasteiger partial charge in [0, 0.05) is 36.0 Å². The van der Waals surface area contributed by atoms with Crippen LogP contribution in [0.3, 0.4) is 0 Å². The number of hydrogen-bond donors (Lipinski definition) is 2. The molecule has 6 rings (SSSR count). The molecule has 0 spiro atoms. The van der Waals surface area contributed by atoms with E-state index in [1.807, 2.05) is 6.07 Å². The van der Waals surface area contributed by atoms with E-state index >= 15 is 4.39 Å². The van der Waals surface area contributed by atoms with E-state index in [9.17, 15) is 14.4 Å². The molecular weight excluding hydrogens is 434 g/mol. The van der Waals surface area contributed by atoms with E-state index in [4.69, 9.17) is 5.73 Å². The number of piperazine rings is 1. The van der Waals surface area contributed by atoms with E-state index in [-0.39, 0.29) is 43.7 Å². The average Bonchev–Trinajstić information content (AvgIpc) is 3.32. The minimum Gasteiger partial charge on any atom is -0.389 e. The lowest BCUT2D eigenvalue weighted by Crippen LogP contribution is -2.54. The van der Waals surface area contributed by atoms with Gasteiger partial charge in [0.05, 0.1) is 40.1 Å². The van der Waals surface area contributed by atoms with Crippen LogP contribution in [0.2, 0.25) is 0 Å². The Labute approximate surface area is 184 Å². The highest BCUT2D eigenvalue weighted by Crippen LogP contribution is 2.44. The van der Waals surface area contributed by atoms with Gasteiger partial charge in [-0.1, -0.05) is 6.07 Å². The Kier molecular flexibility index (Phi) is 4.02. The van der Waals surface area contributed by atoms with Gasteiger partial charge in [-0.2, -0.15) is 10.4 Å². The van der Waals surface area contributed by atoms with E-state index < -0.39 is 11.6 Å². The Morgan fingerprint density at radius 2 is 2.12 bits per heavy atom. The van der Waals surface area contributed by atoms with Gasteiger partial charge < -0.3 is 16.0 Å². The van der Waals surface area contributed by atoms with E-state index in [0.29, 0.717) is 42.6 Å². The van der Waals surface area contributed by atoms with E-state index in [2.05, 4.69) is 10.4 Å². The summed E-state index contributed by atoms with van der Waals surface area (Å²) in [6.45, 7) is 2.33. The summed E-state index contributed by atoms with van der Waals surface area (Å²) in [5, 5.41) is 18.3. The van der Waals surface area contributed by atoms with Crippen LogP contribution < -0.4 is 11.1 Å². The summed E-state index contributed by atoms with van der Waals surface area (Å²) in [5.74, 6) is -1.38. The number of fused-ring (bicyclic) bond motifs is 2. The van der Waals surface area contributed by atoms with Crippen molar-refractivity contribution in [3.8, 4) is 17.2 Å². The zero-order valence-electron chi connectivity index (χ0n) is 16.7. The normalized spacial score (nSPS) is 18.1. The van der Waals surface area contributed by atoms with Crippen LogP contribution in [-0.2, 0) is 6.54 Å². The summed E-state index contributed by atoms with van der Waals surface area (Å²) in [4.78, 5) is 15.1. The number of carbonyl (C=O) groups is 1. The van der Waals surface area contributed by atoms with E-state index in [0.717, 1.165) is 11.3 Å². The first-order valence-electron chi connectivity index (χ1n) is 10.1. The smallest absolute Gasteiger partial charge is 0.256 e. The molecule has 2 aromatic heterocycles. The number of thiophene rings is 1. The minimum absolute atomic E-state index is 0.0855. The molecule has 0 bridgehead atoms. The molecule has 3 N–H and O–H groups in total. The molecule has 2 aliphatic heterocycles. The lowest BCUT2D eigenvalue weighted by atomic mass is 9.94. The lowest BCUT2D eigenvalue weighted by molar-refractivity contribution is 0.0625. The van der Waals surface area contributed by atoms with Gasteiger partial charge in [-0.05, 0) is 17.7 Å². The number of halogens is 2. The number of amides is 1. The van der Waals surface area contributed by atoms with Crippen molar-refractivity contribution in [2.75, 3.05) is 25.4 Å². The molecule has 1 atom stereocenters. The highest BCUT2D eigenvalue weighted by molar-refractivity contribution is 7.23. The number of anilines is 1. The molecule has 32 heavy (non-hydrogen) atoms. The van der Waals surface area contributed by atoms with Crippen molar-refractivity contribution in [1.29, 1.82) is 5.26 Å². The number of nitrogens with zero attached hydrogens (tertiary/aromatic N) is 4. The fourth-order valence-electron chi connectivity index (χ4n) is 4.88. The predicted octanol–water partition coefficient (Wildman–Crippen LogP) is 3.08. The molecule has 160 valence electrons. The van der Waals surface area contributed by atoms with Crippen LogP contribution >= 0.6 is 11.3 Å². The number of nitrogens with one attached hydrogen (secondary N) is 1. The molecule has 0 radical (unpaired) electrons. The Hall–Kier alpha value is -3.55. The van der Waals surface area contributed by atoms with Crippen LogP contribution in [0, 0.1) is 23.0 Å². The number of nitriles is 1. The molecule has 1 unspecified atom stereocenters. The summed E-state index contributed by atoms with van der Waals surface area (Å²) < 4.78 is 32.1. The third-order valence-electron chi connectivity index (χ3n) is 6.30. The molecule has 4 heterocycles. The topological polar surface area (TPSA) is 100.0 Å². The first kappa shape index (κ1) is 19.2. The SMILES string of the molecule is N#Cc1c(N)sc2c(F)ccc(-c3c(F)cc4c5c3cnn5CC3CNCCN3C4=O)c12. The predicted molar refractivity (Wildman–Crippen MR) is 117 cm³/mol. The van der Waals surface area contributed by atoms with Gasteiger partial charge in [0.25, 0.3) is 5.91 Å². The second kappa shape index (κ2) is 6.72. The van der Waals surface area contributed by atoms with Gasteiger partial charge in [0.2, 0.25) is 0 Å². The van der Waals surface area contributed by atoms with Crippen molar-refractivity contribution in [1.82, 2.24) is 20.0 Å². The Balaban J connectivity index is 1.68. The first-order chi connectivity index (χ1) is 15.5. The molecule has 10 heteroatoms. The maximum Gasteiger partial charge on any atom is 0.256 e. The van der Waals surface area contributed by atoms with Crippen molar-refractivity contribution in [2.24, 2.45) is 0 Å². The lowest BCUT2D eigenvalue weighted by Gasteiger charge is -2.34. The molecule has 7 nitrogen and oxygen atoms in total. The zero-order chi connectivity index (χ0) is 22.1. The summed E-state index contributed by atoms with van der Waals surface area (Å²) in [5.41, 5.74) is 7.41. The molecule has 1 saturated heterocycles. The molecule has 1 fully saturated rings. The fraction of sp³-hybridized carbons (Fsp3) is 0.227. The minimum atomic E-state index is -0.629. The number of carbonyl (C=O) groups excluding carboxylic acids is 1. The summed E-state index contributed by atoms with van der Waals surface area (Å²) in [6.07, 6.45) is 1.54. The Bertz CT molecular complexity index is 1500. The highest BCUT2D eigenvalue weighted by Gasteiger charge is 2.35. The summed E-state index contributed by atoms with van der Waals surface area (Å²) >= 11 is 0.961. The van der Waals surface area contributed by atoms with Gasteiger partial charge in [0.1, 0.15) is 22.7 Å². The molecule has 2 aliphatic rings. The largest absolute Gasteiger partial charge is 0.389 e. The average molecular weight is 450 g/mol. The number of nitrogen functional groups attached to an aromatic ring is 1. The fourth-order valence-corrected chi connectivity index (χ4v) is 5.83. The van der Waals surface area contributed by atoms with Gasteiger partial charge in [-0.3, -0.25) is 9.48 Å². The van der Waals surface area contributed by atoms with Crippen molar-refractivity contribution in [3.63, 3.8) is 0 Å². The molecule has 2 aromatic carbocycles. The molecule has 4 aromatic rings. The van der Waals surface area contributed by atoms with E-state index in [1.165, 1.54) is 24.4 Å². The second-order valence-corrected chi connectivity index (χ2v) is 9.03. The summed E-state index contributed by atoms with van der Waals surface area (Å²) in [7, 11) is 0. The zero-order valence-corrected chi connectivity index (χ0v) is 17.5. The quantitative estimate of drug-likeness (QED) is 0.464. The number of aromatic nitrogens is 2. The Morgan fingerprint density at radius 3 is 2.94 bits per heavy atom. The van der Waals surface area contributed by atoms with Crippen molar-refractivity contribution >= 4 is 43.2 Å². The van der Waals surface area contributed by atoms with Crippen LogP contribution in [-0.4, -0.2) is 46.3 Å².